The lowest BCUT2D eigenvalue weighted by Gasteiger charge is -2.29. The minimum absolute atomic E-state index is 0.299. The Bertz CT molecular complexity index is 341. The number of rotatable bonds is 5. The van der Waals surface area contributed by atoms with Crippen LogP contribution in [0.2, 0.25) is 0 Å². The first-order chi connectivity index (χ1) is 10.3. The number of morpholine rings is 1. The SMILES string of the molecule is O=C1C[C@@H](NC2CCOCC2)CN1CCN1CCOCC1. The Balaban J connectivity index is 1.39. The van der Waals surface area contributed by atoms with Gasteiger partial charge in [-0.2, -0.15) is 0 Å². The van der Waals surface area contributed by atoms with E-state index in [0.717, 1.165) is 72.0 Å². The summed E-state index contributed by atoms with van der Waals surface area (Å²) < 4.78 is 10.7. The number of ether oxygens (including phenoxy) is 2. The van der Waals surface area contributed by atoms with Gasteiger partial charge in [0.05, 0.1) is 13.2 Å². The Kier molecular flexibility index (Phi) is 5.46. The summed E-state index contributed by atoms with van der Waals surface area (Å²) in [6.07, 6.45) is 2.79. The Labute approximate surface area is 126 Å². The lowest BCUT2D eigenvalue weighted by atomic mass is 10.1. The number of amides is 1. The summed E-state index contributed by atoms with van der Waals surface area (Å²) in [5.41, 5.74) is 0. The maximum Gasteiger partial charge on any atom is 0.224 e. The minimum Gasteiger partial charge on any atom is -0.381 e. The normalized spacial score (nSPS) is 29.2. The van der Waals surface area contributed by atoms with Crippen molar-refractivity contribution < 1.29 is 14.3 Å². The molecule has 0 aliphatic carbocycles. The van der Waals surface area contributed by atoms with Crippen molar-refractivity contribution >= 4 is 5.91 Å². The van der Waals surface area contributed by atoms with Crippen LogP contribution in [0, 0.1) is 0 Å². The summed E-state index contributed by atoms with van der Waals surface area (Å²) in [5, 5.41) is 3.64. The van der Waals surface area contributed by atoms with Gasteiger partial charge in [0.15, 0.2) is 0 Å². The van der Waals surface area contributed by atoms with Crippen LogP contribution >= 0.6 is 0 Å². The van der Waals surface area contributed by atoms with Crippen molar-refractivity contribution in [1.82, 2.24) is 15.1 Å². The monoisotopic (exact) mass is 297 g/mol. The third kappa shape index (κ3) is 4.39. The summed E-state index contributed by atoms with van der Waals surface area (Å²) in [4.78, 5) is 16.5. The van der Waals surface area contributed by atoms with Gasteiger partial charge >= 0.3 is 0 Å². The van der Waals surface area contributed by atoms with Gasteiger partial charge in [-0.1, -0.05) is 0 Å². The van der Waals surface area contributed by atoms with E-state index < -0.39 is 0 Å². The predicted molar refractivity (Wildman–Crippen MR) is 79.2 cm³/mol. The molecule has 0 aromatic rings. The van der Waals surface area contributed by atoms with E-state index in [0.29, 0.717) is 24.4 Å². The molecule has 3 saturated heterocycles. The Hall–Kier alpha value is -0.690. The largest absolute Gasteiger partial charge is 0.381 e. The Morgan fingerprint density at radius 1 is 1.00 bits per heavy atom. The second kappa shape index (κ2) is 7.54. The average molecular weight is 297 g/mol. The number of hydrogen-bond acceptors (Lipinski definition) is 5. The number of hydrogen-bond donors (Lipinski definition) is 1. The molecule has 21 heavy (non-hydrogen) atoms. The first kappa shape index (κ1) is 15.2. The third-order valence-corrected chi connectivity index (χ3v) is 4.70. The van der Waals surface area contributed by atoms with E-state index in [-0.39, 0.29) is 0 Å². The minimum atomic E-state index is 0.299. The van der Waals surface area contributed by atoms with Crippen LogP contribution in [0.15, 0.2) is 0 Å². The van der Waals surface area contributed by atoms with Crippen molar-refractivity contribution in [2.75, 3.05) is 59.2 Å². The summed E-state index contributed by atoms with van der Waals surface area (Å²) in [6, 6.07) is 0.848. The molecular weight excluding hydrogens is 270 g/mol. The first-order valence-electron chi connectivity index (χ1n) is 8.23. The fourth-order valence-electron chi connectivity index (χ4n) is 3.38. The summed E-state index contributed by atoms with van der Waals surface area (Å²) in [7, 11) is 0. The molecule has 1 atom stereocenters. The molecule has 0 bridgehead atoms. The highest BCUT2D eigenvalue weighted by Gasteiger charge is 2.31. The van der Waals surface area contributed by atoms with Gasteiger partial charge in [0.25, 0.3) is 0 Å². The quantitative estimate of drug-likeness (QED) is 0.754. The van der Waals surface area contributed by atoms with Gasteiger partial charge < -0.3 is 19.7 Å². The molecule has 6 nitrogen and oxygen atoms in total. The maximum absolute atomic E-state index is 12.1. The predicted octanol–water partition coefficient (Wildman–Crippen LogP) is -0.312. The highest BCUT2D eigenvalue weighted by molar-refractivity contribution is 5.79. The van der Waals surface area contributed by atoms with Crippen molar-refractivity contribution in [3.63, 3.8) is 0 Å². The van der Waals surface area contributed by atoms with E-state index in [9.17, 15) is 4.79 Å². The number of nitrogens with zero attached hydrogens (tertiary/aromatic N) is 2. The van der Waals surface area contributed by atoms with Crippen LogP contribution in [0.4, 0.5) is 0 Å². The van der Waals surface area contributed by atoms with Crippen molar-refractivity contribution in [2.24, 2.45) is 0 Å². The van der Waals surface area contributed by atoms with E-state index in [2.05, 4.69) is 10.2 Å². The fraction of sp³-hybridized carbons (Fsp3) is 0.933. The molecule has 0 unspecified atom stereocenters. The highest BCUT2D eigenvalue weighted by Crippen LogP contribution is 2.15. The van der Waals surface area contributed by atoms with Crippen LogP contribution < -0.4 is 5.32 Å². The Morgan fingerprint density at radius 3 is 2.48 bits per heavy atom. The third-order valence-electron chi connectivity index (χ3n) is 4.70. The smallest absolute Gasteiger partial charge is 0.224 e. The van der Waals surface area contributed by atoms with Gasteiger partial charge in [0.1, 0.15) is 0 Å². The van der Waals surface area contributed by atoms with E-state index in [1.807, 2.05) is 4.90 Å². The molecule has 3 fully saturated rings. The number of nitrogens with one attached hydrogen (secondary N) is 1. The van der Waals surface area contributed by atoms with E-state index in [1.165, 1.54) is 0 Å². The molecule has 3 aliphatic rings. The summed E-state index contributed by atoms with van der Waals surface area (Å²) in [6.45, 7) is 8.00. The van der Waals surface area contributed by atoms with Crippen LogP contribution in [0.1, 0.15) is 19.3 Å². The highest BCUT2D eigenvalue weighted by atomic mass is 16.5. The maximum atomic E-state index is 12.1. The van der Waals surface area contributed by atoms with Crippen LogP contribution in [0.3, 0.4) is 0 Å². The molecule has 0 aromatic carbocycles. The van der Waals surface area contributed by atoms with E-state index >= 15 is 0 Å². The number of likely N-dealkylation sites (tertiary alicyclic amines) is 1. The van der Waals surface area contributed by atoms with Crippen LogP contribution in [-0.2, 0) is 14.3 Å². The molecule has 0 radical (unpaired) electrons. The second-order valence-corrected chi connectivity index (χ2v) is 6.25. The zero-order valence-electron chi connectivity index (χ0n) is 12.8. The number of carbonyl (C=O) groups excluding carboxylic acids is 1. The van der Waals surface area contributed by atoms with E-state index in [1.54, 1.807) is 0 Å². The van der Waals surface area contributed by atoms with Crippen LogP contribution in [-0.4, -0.2) is 86.9 Å². The molecule has 120 valence electrons. The fourth-order valence-corrected chi connectivity index (χ4v) is 3.38. The van der Waals surface area contributed by atoms with Crippen molar-refractivity contribution in [3.8, 4) is 0 Å². The molecular formula is C15H27N3O3. The first-order valence-corrected chi connectivity index (χ1v) is 8.23. The van der Waals surface area contributed by atoms with Crippen molar-refractivity contribution in [2.45, 2.75) is 31.3 Å². The van der Waals surface area contributed by atoms with Crippen LogP contribution in [0.25, 0.3) is 0 Å². The van der Waals surface area contributed by atoms with Gasteiger partial charge in [0, 0.05) is 64.4 Å². The van der Waals surface area contributed by atoms with Crippen LogP contribution in [0.5, 0.6) is 0 Å². The van der Waals surface area contributed by atoms with Gasteiger partial charge in [-0.15, -0.1) is 0 Å². The lowest BCUT2D eigenvalue weighted by molar-refractivity contribution is -0.128. The average Bonchev–Trinajstić information content (AvgIpc) is 2.87. The molecule has 6 heteroatoms. The van der Waals surface area contributed by atoms with Crippen molar-refractivity contribution in [3.05, 3.63) is 0 Å². The van der Waals surface area contributed by atoms with E-state index in [4.69, 9.17) is 9.47 Å². The van der Waals surface area contributed by atoms with Gasteiger partial charge in [-0.05, 0) is 12.8 Å². The molecule has 0 spiro atoms. The lowest BCUT2D eigenvalue weighted by Crippen LogP contribution is -2.44. The molecule has 0 saturated carbocycles. The number of carbonyl (C=O) groups is 1. The van der Waals surface area contributed by atoms with Gasteiger partial charge in [0.2, 0.25) is 5.91 Å². The van der Waals surface area contributed by atoms with Gasteiger partial charge in [-0.3, -0.25) is 9.69 Å². The summed E-state index contributed by atoms with van der Waals surface area (Å²) in [5.74, 6) is 0.299. The molecule has 1 amide bonds. The molecule has 0 aromatic heterocycles. The van der Waals surface area contributed by atoms with Gasteiger partial charge in [-0.25, -0.2) is 0 Å². The Morgan fingerprint density at radius 2 is 1.71 bits per heavy atom. The zero-order valence-corrected chi connectivity index (χ0v) is 12.8. The molecule has 3 rings (SSSR count). The molecule has 3 heterocycles. The summed E-state index contributed by atoms with van der Waals surface area (Å²) >= 11 is 0. The van der Waals surface area contributed by atoms with Crippen molar-refractivity contribution in [1.29, 1.82) is 0 Å². The zero-order chi connectivity index (χ0) is 14.5. The second-order valence-electron chi connectivity index (χ2n) is 6.25. The molecule has 1 N–H and O–H groups in total. The molecule has 3 aliphatic heterocycles. The topological polar surface area (TPSA) is 54.0 Å². The standard InChI is InChI=1S/C15H27N3O3/c19-15-11-14(16-13-1-7-20-8-2-13)12-18(15)4-3-17-5-9-21-10-6-17/h13-14,16H,1-12H2/t14-/m1/s1.